The summed E-state index contributed by atoms with van der Waals surface area (Å²) in [6, 6.07) is 11.7. The molecule has 0 fully saturated rings. The van der Waals surface area contributed by atoms with Crippen molar-refractivity contribution in [3.63, 3.8) is 0 Å². The molecular formula is C27H32N4O7. The molecule has 3 atom stereocenters. The molecule has 0 saturated heterocycles. The van der Waals surface area contributed by atoms with Gasteiger partial charge in [-0.05, 0) is 74.8 Å². The third-order valence-electron chi connectivity index (χ3n) is 5.62. The third kappa shape index (κ3) is 9.67. The van der Waals surface area contributed by atoms with Gasteiger partial charge in [-0.1, -0.05) is 18.3 Å². The summed E-state index contributed by atoms with van der Waals surface area (Å²) >= 11 is 0. The Hall–Kier alpha value is -4.24. The molecule has 11 nitrogen and oxygen atoms in total. The van der Waals surface area contributed by atoms with E-state index in [0.717, 1.165) is 0 Å². The van der Waals surface area contributed by atoms with Crippen LogP contribution in [0.5, 0.6) is 0 Å². The van der Waals surface area contributed by atoms with Crippen LogP contribution in [0.3, 0.4) is 0 Å². The molecule has 0 aliphatic rings. The van der Waals surface area contributed by atoms with Crippen molar-refractivity contribution < 1.29 is 34.6 Å². The van der Waals surface area contributed by atoms with E-state index in [0.29, 0.717) is 42.6 Å². The quantitative estimate of drug-likeness (QED) is 0.0933. The fourth-order valence-corrected chi connectivity index (χ4v) is 3.47. The Morgan fingerprint density at radius 3 is 2.03 bits per heavy atom. The number of aliphatic hydroxyl groups excluding tert-OH is 1. The van der Waals surface area contributed by atoms with Crippen LogP contribution in [0.4, 0.5) is 5.69 Å². The molecule has 38 heavy (non-hydrogen) atoms. The van der Waals surface area contributed by atoms with Crippen molar-refractivity contribution in [1.82, 2.24) is 10.8 Å². The molecule has 0 aliphatic carbocycles. The number of carboxylic acids is 1. The Kier molecular flexibility index (Phi) is 11.9. The molecule has 0 heterocycles. The molecular weight excluding hydrogens is 492 g/mol. The lowest BCUT2D eigenvalue weighted by atomic mass is 9.98. The van der Waals surface area contributed by atoms with Crippen LogP contribution in [-0.4, -0.2) is 57.8 Å². The maximum Gasteiger partial charge on any atom is 0.307 e. The first kappa shape index (κ1) is 30.0. The third-order valence-corrected chi connectivity index (χ3v) is 5.62. The maximum atomic E-state index is 12.3. The van der Waals surface area contributed by atoms with E-state index in [9.17, 15) is 29.4 Å². The number of aliphatic hydroxyl groups is 1. The van der Waals surface area contributed by atoms with E-state index in [-0.39, 0.29) is 17.9 Å². The molecule has 0 spiro atoms. The molecule has 2 rings (SSSR count). The Bertz CT molecular complexity index is 1170. The number of hydrogen-bond donors (Lipinski definition) is 7. The minimum Gasteiger partial charge on any atom is -0.481 e. The highest BCUT2D eigenvalue weighted by Gasteiger charge is 2.25. The molecule has 2 aromatic rings. The van der Waals surface area contributed by atoms with Crippen LogP contribution >= 0.6 is 0 Å². The van der Waals surface area contributed by atoms with Gasteiger partial charge in [0.25, 0.3) is 11.8 Å². The molecule has 3 amide bonds. The molecule has 8 N–H and O–H groups in total. The van der Waals surface area contributed by atoms with Gasteiger partial charge < -0.3 is 26.6 Å². The van der Waals surface area contributed by atoms with E-state index < -0.39 is 35.8 Å². The van der Waals surface area contributed by atoms with E-state index in [1.165, 1.54) is 24.5 Å². The summed E-state index contributed by atoms with van der Waals surface area (Å²) in [6.07, 6.45) is 0.414. The molecule has 11 heteroatoms. The van der Waals surface area contributed by atoms with Crippen molar-refractivity contribution in [2.75, 3.05) is 11.9 Å². The van der Waals surface area contributed by atoms with Gasteiger partial charge in [0.15, 0.2) is 0 Å². The monoisotopic (exact) mass is 524 g/mol. The predicted octanol–water partition coefficient (Wildman–Crippen LogP) is 1.23. The minimum atomic E-state index is -1.32. The van der Waals surface area contributed by atoms with Crippen molar-refractivity contribution in [1.29, 1.82) is 0 Å². The van der Waals surface area contributed by atoms with Gasteiger partial charge in [0.05, 0.1) is 12.0 Å². The Balaban J connectivity index is 1.95. The highest BCUT2D eigenvalue weighted by Crippen LogP contribution is 2.16. The van der Waals surface area contributed by atoms with Crippen molar-refractivity contribution in [3.8, 4) is 11.8 Å². The highest BCUT2D eigenvalue weighted by atomic mass is 16.5. The summed E-state index contributed by atoms with van der Waals surface area (Å²) in [7, 11) is 0. The number of hydrogen-bond acceptors (Lipinski definition) is 7. The topological polar surface area (TPSA) is 191 Å². The largest absolute Gasteiger partial charge is 0.481 e. The van der Waals surface area contributed by atoms with E-state index >= 15 is 0 Å². The smallest absolute Gasteiger partial charge is 0.307 e. The summed E-state index contributed by atoms with van der Waals surface area (Å²) in [5, 5.41) is 32.7. The Labute approximate surface area is 220 Å². The molecule has 202 valence electrons. The fraction of sp³-hybridized carbons (Fsp3) is 0.333. The number of carbonyl (C=O) groups excluding carboxylic acids is 3. The average Bonchev–Trinajstić information content (AvgIpc) is 2.90. The van der Waals surface area contributed by atoms with Crippen molar-refractivity contribution in [2.24, 2.45) is 11.7 Å². The van der Waals surface area contributed by atoms with Gasteiger partial charge in [0.1, 0.15) is 6.04 Å². The van der Waals surface area contributed by atoms with Crippen LogP contribution < -0.4 is 21.8 Å². The van der Waals surface area contributed by atoms with Crippen molar-refractivity contribution >= 4 is 29.4 Å². The zero-order valence-corrected chi connectivity index (χ0v) is 20.9. The summed E-state index contributed by atoms with van der Waals surface area (Å²) < 4.78 is 0. The van der Waals surface area contributed by atoms with Crippen LogP contribution in [0, 0.1) is 17.8 Å². The number of carboxylic acid groups (broad SMARTS) is 1. The molecule has 0 saturated carbocycles. The molecule has 0 bridgehead atoms. The number of nitrogens with two attached hydrogens (primary N) is 1. The normalized spacial score (nSPS) is 12.7. The van der Waals surface area contributed by atoms with Crippen LogP contribution in [0.1, 0.15) is 54.1 Å². The van der Waals surface area contributed by atoms with Crippen LogP contribution in [0.2, 0.25) is 0 Å². The second-order valence-electron chi connectivity index (χ2n) is 8.64. The lowest BCUT2D eigenvalue weighted by molar-refractivity contribution is -0.143. The van der Waals surface area contributed by atoms with Crippen LogP contribution in [0.15, 0.2) is 48.5 Å². The standard InChI is InChI=1S/C27H32N4O7/c1-17(32)24(26(35)31-38)30-25(34)20-11-7-18(8-12-20)5-6-19-9-13-22(14-10-19)29-23(33)16-21(27(36)37)4-2-3-15-28/h7-14,17,21,24,32,38H,2-4,15-16,28H2,1H3,(H,29,33)(H,30,34)(H,31,35)(H,36,37)/t17-,21-,24+/m1/s1. The second-order valence-corrected chi connectivity index (χ2v) is 8.64. The lowest BCUT2D eigenvalue weighted by Crippen LogP contribution is -2.51. The lowest BCUT2D eigenvalue weighted by Gasteiger charge is -2.19. The van der Waals surface area contributed by atoms with Gasteiger partial charge >= 0.3 is 5.97 Å². The first-order valence-corrected chi connectivity index (χ1v) is 12.0. The van der Waals surface area contributed by atoms with Gasteiger partial charge in [0.2, 0.25) is 5.91 Å². The number of carbonyl (C=O) groups is 4. The molecule has 0 aromatic heterocycles. The zero-order chi connectivity index (χ0) is 28.1. The second kappa shape index (κ2) is 15.1. The van der Waals surface area contributed by atoms with E-state index in [1.54, 1.807) is 36.4 Å². The van der Waals surface area contributed by atoms with Crippen molar-refractivity contribution in [2.45, 2.75) is 44.8 Å². The number of anilines is 1. The minimum absolute atomic E-state index is 0.121. The first-order valence-electron chi connectivity index (χ1n) is 12.0. The zero-order valence-electron chi connectivity index (χ0n) is 20.9. The summed E-state index contributed by atoms with van der Waals surface area (Å²) in [4.78, 5) is 47.6. The molecule has 0 aliphatic heterocycles. The molecule has 0 radical (unpaired) electrons. The number of nitrogens with one attached hydrogen (secondary N) is 3. The van der Waals surface area contributed by atoms with Crippen molar-refractivity contribution in [3.05, 3.63) is 65.2 Å². The number of aliphatic carboxylic acids is 1. The Morgan fingerprint density at radius 1 is 0.947 bits per heavy atom. The van der Waals surface area contributed by atoms with E-state index in [2.05, 4.69) is 22.5 Å². The van der Waals surface area contributed by atoms with Gasteiger partial charge in [0, 0.05) is 28.8 Å². The predicted molar refractivity (Wildman–Crippen MR) is 139 cm³/mol. The molecule has 2 aromatic carbocycles. The summed E-state index contributed by atoms with van der Waals surface area (Å²) in [6.45, 7) is 1.79. The van der Waals surface area contributed by atoms with Gasteiger partial charge in [-0.3, -0.25) is 24.4 Å². The summed E-state index contributed by atoms with van der Waals surface area (Å²) in [5.41, 5.74) is 8.88. The fourth-order valence-electron chi connectivity index (χ4n) is 3.47. The average molecular weight is 525 g/mol. The first-order chi connectivity index (χ1) is 18.1. The van der Waals surface area contributed by atoms with Gasteiger partial charge in [-0.25, -0.2) is 5.48 Å². The SMILES string of the molecule is C[C@@H](O)[C@H](NC(=O)c1ccc(C#Cc2ccc(NC(=O)C[C@@H](CCCCN)C(=O)O)cc2)cc1)C(=O)NO. The number of unbranched alkanes of at least 4 members (excludes halogenated alkanes) is 1. The van der Waals surface area contributed by atoms with E-state index in [4.69, 9.17) is 10.9 Å². The Morgan fingerprint density at radius 2 is 1.53 bits per heavy atom. The number of benzene rings is 2. The summed E-state index contributed by atoms with van der Waals surface area (Å²) in [5.74, 6) is 2.23. The number of hydroxylamine groups is 1. The van der Waals surface area contributed by atoms with Gasteiger partial charge in [-0.2, -0.15) is 0 Å². The van der Waals surface area contributed by atoms with Gasteiger partial charge in [-0.15, -0.1) is 0 Å². The maximum absolute atomic E-state index is 12.3. The number of amides is 3. The van der Waals surface area contributed by atoms with Crippen LogP contribution in [0.25, 0.3) is 0 Å². The van der Waals surface area contributed by atoms with E-state index in [1.807, 2.05) is 0 Å². The highest BCUT2D eigenvalue weighted by molar-refractivity contribution is 5.97. The van der Waals surface area contributed by atoms with Crippen LogP contribution in [-0.2, 0) is 14.4 Å². The molecule has 0 unspecified atom stereocenters. The number of rotatable bonds is 12.